The van der Waals surface area contributed by atoms with Crippen LogP contribution >= 0.6 is 0 Å². The molecule has 0 amide bonds. The maximum Gasteiger partial charge on any atom is 0.149 e. The summed E-state index contributed by atoms with van der Waals surface area (Å²) in [6.45, 7) is 0. The zero-order chi connectivity index (χ0) is 11.8. The van der Waals surface area contributed by atoms with E-state index in [9.17, 15) is 4.39 Å². The second kappa shape index (κ2) is 3.96. The Kier molecular flexibility index (Phi) is 2.44. The van der Waals surface area contributed by atoms with Crippen molar-refractivity contribution in [1.29, 1.82) is 0 Å². The van der Waals surface area contributed by atoms with Gasteiger partial charge in [0.2, 0.25) is 0 Å². The number of aryl methyl sites for hydroxylation is 1. The van der Waals surface area contributed by atoms with Gasteiger partial charge in [-0.3, -0.25) is 5.84 Å². The van der Waals surface area contributed by atoms with Crippen molar-refractivity contribution in [2.24, 2.45) is 5.84 Å². The van der Waals surface area contributed by atoms with E-state index in [-0.39, 0.29) is 5.82 Å². The van der Waals surface area contributed by atoms with Gasteiger partial charge in [-0.05, 0) is 37.3 Å². The zero-order valence-corrected chi connectivity index (χ0v) is 9.46. The summed E-state index contributed by atoms with van der Waals surface area (Å²) in [5, 5.41) is 0.771. The molecule has 1 heterocycles. The number of nitrogens with zero attached hydrogens (tertiary/aromatic N) is 1. The number of hydrogen-bond donors (Lipinski definition) is 2. The lowest BCUT2D eigenvalue weighted by Crippen LogP contribution is -2.15. The number of nitrogens with one attached hydrogen (secondary N) is 1. The number of aromatic nitrogens is 1. The van der Waals surface area contributed by atoms with E-state index >= 15 is 0 Å². The van der Waals surface area contributed by atoms with Gasteiger partial charge >= 0.3 is 0 Å². The highest BCUT2D eigenvalue weighted by atomic mass is 19.1. The van der Waals surface area contributed by atoms with Crippen LogP contribution < -0.4 is 11.3 Å². The molecule has 1 aromatic carbocycles. The summed E-state index contributed by atoms with van der Waals surface area (Å²) < 4.78 is 13.7. The summed E-state index contributed by atoms with van der Waals surface area (Å²) in [6, 6.07) is 4.98. The smallest absolute Gasteiger partial charge is 0.149 e. The molecule has 2 aromatic rings. The summed E-state index contributed by atoms with van der Waals surface area (Å²) >= 11 is 0. The normalized spacial score (nSPS) is 14.7. The number of rotatable bonds is 1. The summed E-state index contributed by atoms with van der Waals surface area (Å²) in [4.78, 5) is 4.45. The first-order valence-corrected chi connectivity index (χ1v) is 5.88. The lowest BCUT2D eigenvalue weighted by Gasteiger charge is -2.20. The van der Waals surface area contributed by atoms with Crippen LogP contribution in [0.1, 0.15) is 24.1 Å². The highest BCUT2D eigenvalue weighted by Gasteiger charge is 2.18. The average molecular weight is 231 g/mol. The largest absolute Gasteiger partial charge is 0.323 e. The third-order valence-electron chi connectivity index (χ3n) is 3.39. The predicted octanol–water partition coefficient (Wildman–Crippen LogP) is 2.54. The Morgan fingerprint density at radius 3 is 2.88 bits per heavy atom. The Morgan fingerprint density at radius 2 is 2.06 bits per heavy atom. The molecule has 0 atom stereocenters. The van der Waals surface area contributed by atoms with Crippen LogP contribution in [-0.4, -0.2) is 4.98 Å². The molecule has 88 valence electrons. The minimum absolute atomic E-state index is 0.285. The molecular formula is C13H14FN3. The van der Waals surface area contributed by atoms with Gasteiger partial charge in [-0.15, -0.1) is 0 Å². The SMILES string of the molecule is NNc1c2c(nc3c(F)cccc13)CCCC2. The summed E-state index contributed by atoms with van der Waals surface area (Å²) in [6.07, 6.45) is 4.14. The second-order valence-electron chi connectivity index (χ2n) is 4.40. The van der Waals surface area contributed by atoms with Crippen molar-refractivity contribution in [2.75, 3.05) is 5.43 Å². The molecular weight excluding hydrogens is 217 g/mol. The molecule has 1 aromatic heterocycles. The molecule has 0 bridgehead atoms. The Bertz CT molecular complexity index is 580. The monoisotopic (exact) mass is 231 g/mol. The van der Waals surface area contributed by atoms with Gasteiger partial charge in [0, 0.05) is 11.1 Å². The van der Waals surface area contributed by atoms with E-state index in [0.717, 1.165) is 48.0 Å². The lowest BCUT2D eigenvalue weighted by atomic mass is 9.93. The molecule has 0 unspecified atom stereocenters. The van der Waals surface area contributed by atoms with Crippen LogP contribution in [-0.2, 0) is 12.8 Å². The van der Waals surface area contributed by atoms with Crippen molar-refractivity contribution in [2.45, 2.75) is 25.7 Å². The van der Waals surface area contributed by atoms with Crippen LogP contribution in [0.15, 0.2) is 18.2 Å². The van der Waals surface area contributed by atoms with Crippen molar-refractivity contribution in [1.82, 2.24) is 4.98 Å². The second-order valence-corrected chi connectivity index (χ2v) is 4.40. The van der Waals surface area contributed by atoms with Crippen molar-refractivity contribution in [3.63, 3.8) is 0 Å². The fraction of sp³-hybridized carbons (Fsp3) is 0.308. The number of hydrazine groups is 1. The van der Waals surface area contributed by atoms with Crippen LogP contribution in [0.25, 0.3) is 10.9 Å². The molecule has 0 spiro atoms. The van der Waals surface area contributed by atoms with Gasteiger partial charge in [0.15, 0.2) is 0 Å². The molecule has 3 nitrogen and oxygen atoms in total. The van der Waals surface area contributed by atoms with Crippen molar-refractivity contribution >= 4 is 16.6 Å². The Morgan fingerprint density at radius 1 is 1.24 bits per heavy atom. The van der Waals surface area contributed by atoms with Crippen molar-refractivity contribution < 1.29 is 4.39 Å². The Balaban J connectivity index is 2.39. The first kappa shape index (κ1) is 10.5. The molecule has 0 radical (unpaired) electrons. The molecule has 0 saturated heterocycles. The summed E-state index contributed by atoms with van der Waals surface area (Å²) in [7, 11) is 0. The zero-order valence-electron chi connectivity index (χ0n) is 9.46. The third-order valence-corrected chi connectivity index (χ3v) is 3.39. The maximum absolute atomic E-state index is 13.7. The van der Waals surface area contributed by atoms with E-state index in [2.05, 4.69) is 10.4 Å². The van der Waals surface area contributed by atoms with E-state index in [0.29, 0.717) is 5.52 Å². The van der Waals surface area contributed by atoms with E-state index in [1.165, 1.54) is 6.07 Å². The van der Waals surface area contributed by atoms with Crippen molar-refractivity contribution in [3.8, 4) is 0 Å². The average Bonchev–Trinajstić information content (AvgIpc) is 2.37. The number of fused-ring (bicyclic) bond motifs is 2. The van der Waals surface area contributed by atoms with Gasteiger partial charge in [0.05, 0.1) is 5.69 Å². The fourth-order valence-corrected chi connectivity index (χ4v) is 2.58. The topological polar surface area (TPSA) is 50.9 Å². The molecule has 3 N–H and O–H groups in total. The van der Waals surface area contributed by atoms with Gasteiger partial charge in [-0.1, -0.05) is 12.1 Å². The maximum atomic E-state index is 13.7. The predicted molar refractivity (Wildman–Crippen MR) is 66.2 cm³/mol. The van der Waals surface area contributed by atoms with Crippen LogP contribution in [0.3, 0.4) is 0 Å². The molecule has 1 aliphatic carbocycles. The fourth-order valence-electron chi connectivity index (χ4n) is 2.58. The quantitative estimate of drug-likeness (QED) is 0.585. The number of nitrogen functional groups attached to an aromatic ring is 1. The molecule has 0 fully saturated rings. The minimum Gasteiger partial charge on any atom is -0.323 e. The highest BCUT2D eigenvalue weighted by Crippen LogP contribution is 2.33. The number of hydrogen-bond acceptors (Lipinski definition) is 3. The van der Waals surface area contributed by atoms with Crippen LogP contribution in [0.4, 0.5) is 10.1 Å². The van der Waals surface area contributed by atoms with E-state index in [4.69, 9.17) is 5.84 Å². The summed E-state index contributed by atoms with van der Waals surface area (Å²) in [5.41, 5.74) is 6.11. The first-order valence-electron chi connectivity index (χ1n) is 5.88. The number of nitrogens with two attached hydrogens (primary N) is 1. The van der Waals surface area contributed by atoms with Crippen molar-refractivity contribution in [3.05, 3.63) is 35.3 Å². The Hall–Kier alpha value is -1.68. The Labute approximate surface area is 98.8 Å². The summed E-state index contributed by atoms with van der Waals surface area (Å²) in [5.74, 6) is 5.30. The van der Waals surface area contributed by atoms with Gasteiger partial charge in [0.25, 0.3) is 0 Å². The molecule has 17 heavy (non-hydrogen) atoms. The van der Waals surface area contributed by atoms with Crippen LogP contribution in [0, 0.1) is 5.82 Å². The van der Waals surface area contributed by atoms with Gasteiger partial charge in [-0.25, -0.2) is 9.37 Å². The van der Waals surface area contributed by atoms with E-state index in [1.807, 2.05) is 6.07 Å². The molecule has 1 aliphatic rings. The number of halogens is 1. The van der Waals surface area contributed by atoms with E-state index < -0.39 is 0 Å². The first-order chi connectivity index (χ1) is 8.31. The number of benzene rings is 1. The van der Waals surface area contributed by atoms with Gasteiger partial charge < -0.3 is 5.43 Å². The van der Waals surface area contributed by atoms with Gasteiger partial charge in [-0.2, -0.15) is 0 Å². The van der Waals surface area contributed by atoms with Crippen LogP contribution in [0.5, 0.6) is 0 Å². The third kappa shape index (κ3) is 1.56. The number of pyridine rings is 1. The standard InChI is InChI=1S/C13H14FN3/c14-10-6-3-5-9-12(17-15)8-4-1-2-7-11(8)16-13(9)10/h3,5-6H,1-2,4,7,15H2,(H,16,17). The molecule has 4 heteroatoms. The number of anilines is 1. The molecule has 0 aliphatic heterocycles. The minimum atomic E-state index is -0.285. The van der Waals surface area contributed by atoms with Crippen LogP contribution in [0.2, 0.25) is 0 Å². The lowest BCUT2D eigenvalue weighted by molar-refractivity contribution is 0.632. The highest BCUT2D eigenvalue weighted by molar-refractivity contribution is 5.93. The molecule has 3 rings (SSSR count). The molecule has 0 saturated carbocycles. The number of para-hydroxylation sites is 1. The van der Waals surface area contributed by atoms with E-state index in [1.54, 1.807) is 6.07 Å². The van der Waals surface area contributed by atoms with Gasteiger partial charge in [0.1, 0.15) is 11.3 Å².